The molecule has 15 heteroatoms. The second kappa shape index (κ2) is 12.9. The van der Waals surface area contributed by atoms with Crippen molar-refractivity contribution >= 4 is 60.7 Å². The molecular formula is C33H27N9O5S. The average Bonchev–Trinajstić information content (AvgIpc) is 3.49. The molecule has 0 aliphatic rings. The Morgan fingerprint density at radius 2 is 1.42 bits per heavy atom. The second-order valence-corrected chi connectivity index (χ2v) is 12.1. The van der Waals surface area contributed by atoms with Gasteiger partial charge in [-0.15, -0.1) is 20.5 Å². The van der Waals surface area contributed by atoms with Gasteiger partial charge in [-0.05, 0) is 87.0 Å². The molecule has 4 N–H and O–H groups in total. The normalized spacial score (nSPS) is 12.2. The number of nitrogens with zero attached hydrogens (tertiary/aromatic N) is 8. The third kappa shape index (κ3) is 6.67. The molecule has 0 atom stereocenters. The van der Waals surface area contributed by atoms with Gasteiger partial charge in [0.2, 0.25) is 0 Å². The molecule has 0 saturated carbocycles. The van der Waals surface area contributed by atoms with E-state index < -0.39 is 15.0 Å². The Kier molecular flexibility index (Phi) is 8.54. The van der Waals surface area contributed by atoms with Crippen molar-refractivity contribution in [1.29, 1.82) is 0 Å². The number of benzene rings is 5. The van der Waals surface area contributed by atoms with Gasteiger partial charge in [0.25, 0.3) is 16.0 Å². The lowest BCUT2D eigenvalue weighted by Crippen LogP contribution is -1.98. The summed E-state index contributed by atoms with van der Waals surface area (Å²) >= 11 is 0. The van der Waals surface area contributed by atoms with E-state index in [4.69, 9.17) is 10.3 Å². The number of nitrogen functional groups attached to an aromatic ring is 1. The van der Waals surface area contributed by atoms with Crippen molar-refractivity contribution in [1.82, 2.24) is 10.1 Å². The van der Waals surface area contributed by atoms with Crippen LogP contribution in [0.4, 0.5) is 39.8 Å². The Labute approximate surface area is 274 Å². The smallest absolute Gasteiger partial charge is 0.296 e. The summed E-state index contributed by atoms with van der Waals surface area (Å²) in [5.41, 5.74) is 10.1. The van der Waals surface area contributed by atoms with Gasteiger partial charge in [-0.25, -0.2) is 0 Å². The molecule has 5 aromatic carbocycles. The number of phenolic OH excluding ortho intramolecular Hbond substituents is 1. The third-order valence-corrected chi connectivity index (χ3v) is 8.06. The molecule has 1 heterocycles. The fourth-order valence-electron chi connectivity index (χ4n) is 4.75. The van der Waals surface area contributed by atoms with Gasteiger partial charge in [-0.3, -0.25) is 4.55 Å². The Hall–Kier alpha value is -6.19. The number of phenols is 1. The van der Waals surface area contributed by atoms with E-state index in [0.29, 0.717) is 50.5 Å². The van der Waals surface area contributed by atoms with Gasteiger partial charge in [-0.2, -0.15) is 23.6 Å². The first kappa shape index (κ1) is 31.8. The zero-order valence-electron chi connectivity index (χ0n) is 25.8. The molecule has 0 bridgehead atoms. The first-order valence-corrected chi connectivity index (χ1v) is 15.8. The summed E-state index contributed by atoms with van der Waals surface area (Å²) in [6, 6.07) is 23.2. The first-order valence-electron chi connectivity index (χ1n) is 14.4. The van der Waals surface area contributed by atoms with Gasteiger partial charge < -0.3 is 15.4 Å². The number of hydrogen-bond donors (Lipinski definition) is 3. The Bertz CT molecular complexity index is 2390. The largest absolute Gasteiger partial charge is 0.505 e. The number of azo groups is 3. The van der Waals surface area contributed by atoms with Crippen LogP contribution >= 0.6 is 0 Å². The van der Waals surface area contributed by atoms with E-state index in [1.54, 1.807) is 62.4 Å². The van der Waals surface area contributed by atoms with Crippen LogP contribution in [0.1, 0.15) is 17.0 Å². The zero-order chi connectivity index (χ0) is 34.0. The van der Waals surface area contributed by atoms with Crippen molar-refractivity contribution in [2.45, 2.75) is 25.7 Å². The van der Waals surface area contributed by atoms with Crippen LogP contribution in [-0.4, -0.2) is 28.2 Å². The standard InChI is InChI=1S/C33H27N9O5S/c1-18-8-10-21(11-9-18)36-37-22-12-15-28(29(17-22)48(44,45)46)39-40-30-19(2)16-25-23(32(30)43)13-14-26(34)31(25)41-38-27-7-5-4-6-24(27)33-35-20(3)42-47-33/h4-17,43H,34H2,1-3H3,(H,44,45,46). The highest BCUT2D eigenvalue weighted by molar-refractivity contribution is 7.86. The number of aryl methyl sites for hydroxylation is 3. The Morgan fingerprint density at radius 3 is 2.15 bits per heavy atom. The van der Waals surface area contributed by atoms with E-state index in [2.05, 4.69) is 40.8 Å². The predicted molar refractivity (Wildman–Crippen MR) is 179 cm³/mol. The second-order valence-electron chi connectivity index (χ2n) is 10.7. The minimum absolute atomic E-state index is 0.0664. The van der Waals surface area contributed by atoms with E-state index in [1.165, 1.54) is 12.1 Å². The number of rotatable bonds is 8. The maximum Gasteiger partial charge on any atom is 0.296 e. The summed E-state index contributed by atoms with van der Waals surface area (Å²) in [5.74, 6) is 0.513. The van der Waals surface area contributed by atoms with E-state index in [1.807, 2.05) is 25.1 Å². The highest BCUT2D eigenvalue weighted by Crippen LogP contribution is 2.45. The summed E-state index contributed by atoms with van der Waals surface area (Å²) in [4.78, 5) is 3.74. The quantitative estimate of drug-likeness (QED) is 0.0808. The van der Waals surface area contributed by atoms with Crippen LogP contribution in [0, 0.1) is 20.8 Å². The summed E-state index contributed by atoms with van der Waals surface area (Å²) in [6.07, 6.45) is 0. The summed E-state index contributed by atoms with van der Waals surface area (Å²) in [5, 5.41) is 41.2. The minimum Gasteiger partial charge on any atom is -0.505 e. The van der Waals surface area contributed by atoms with Crippen molar-refractivity contribution < 1.29 is 22.6 Å². The van der Waals surface area contributed by atoms with Crippen LogP contribution < -0.4 is 5.73 Å². The van der Waals surface area contributed by atoms with E-state index in [9.17, 15) is 18.1 Å². The van der Waals surface area contributed by atoms with Gasteiger partial charge in [0.05, 0.1) is 28.3 Å². The molecule has 0 radical (unpaired) electrons. The number of anilines is 1. The van der Waals surface area contributed by atoms with Crippen LogP contribution in [0.15, 0.2) is 125 Å². The number of nitrogens with two attached hydrogens (primary N) is 1. The molecule has 0 amide bonds. The molecule has 240 valence electrons. The van der Waals surface area contributed by atoms with Crippen LogP contribution in [0.25, 0.3) is 22.2 Å². The molecule has 6 aromatic rings. The van der Waals surface area contributed by atoms with Crippen molar-refractivity contribution in [2.75, 3.05) is 5.73 Å². The van der Waals surface area contributed by atoms with Gasteiger partial charge in [0.15, 0.2) is 11.6 Å². The Morgan fingerprint density at radius 1 is 0.729 bits per heavy atom. The van der Waals surface area contributed by atoms with Crippen LogP contribution in [0.5, 0.6) is 5.75 Å². The zero-order valence-corrected chi connectivity index (χ0v) is 26.6. The molecule has 14 nitrogen and oxygen atoms in total. The lowest BCUT2D eigenvalue weighted by Gasteiger charge is -2.11. The number of fused-ring (bicyclic) bond motifs is 1. The lowest BCUT2D eigenvalue weighted by molar-refractivity contribution is 0.425. The van der Waals surface area contributed by atoms with Crippen molar-refractivity contribution in [3.05, 3.63) is 102 Å². The topological polar surface area (TPSA) is 214 Å². The average molecular weight is 662 g/mol. The first-order chi connectivity index (χ1) is 23.0. The molecule has 0 aliphatic heterocycles. The SMILES string of the molecule is Cc1ccc(N=Nc2ccc(N=Nc3c(C)cc4c(N=Nc5ccccc5-c5nc(C)no5)c(N)ccc4c3O)c(S(=O)(=O)O)c2)cc1. The molecule has 0 aliphatic carbocycles. The highest BCUT2D eigenvalue weighted by Gasteiger charge is 2.19. The molecule has 48 heavy (non-hydrogen) atoms. The fourth-order valence-corrected chi connectivity index (χ4v) is 5.39. The molecule has 0 saturated heterocycles. The molecule has 0 unspecified atom stereocenters. The van der Waals surface area contributed by atoms with Crippen LogP contribution in [0.2, 0.25) is 0 Å². The van der Waals surface area contributed by atoms with E-state index in [-0.39, 0.29) is 28.7 Å². The number of aromatic hydroxyl groups is 1. The Balaban J connectivity index is 1.35. The lowest BCUT2D eigenvalue weighted by atomic mass is 10.0. The van der Waals surface area contributed by atoms with Gasteiger partial charge in [0, 0.05) is 10.8 Å². The number of hydrogen-bond acceptors (Lipinski definition) is 13. The summed E-state index contributed by atoms with van der Waals surface area (Å²) < 4.78 is 39.8. The molecular weight excluding hydrogens is 634 g/mol. The summed E-state index contributed by atoms with van der Waals surface area (Å²) in [7, 11) is -4.73. The van der Waals surface area contributed by atoms with Crippen molar-refractivity contribution in [2.24, 2.45) is 30.7 Å². The third-order valence-electron chi connectivity index (χ3n) is 7.18. The minimum atomic E-state index is -4.73. The van der Waals surface area contributed by atoms with Gasteiger partial charge >= 0.3 is 0 Å². The fraction of sp³-hybridized carbons (Fsp3) is 0.0909. The predicted octanol–water partition coefficient (Wildman–Crippen LogP) is 9.60. The van der Waals surface area contributed by atoms with Crippen LogP contribution in [0.3, 0.4) is 0 Å². The highest BCUT2D eigenvalue weighted by atomic mass is 32.2. The molecule has 0 fully saturated rings. The molecule has 6 rings (SSSR count). The summed E-state index contributed by atoms with van der Waals surface area (Å²) in [6.45, 7) is 5.33. The van der Waals surface area contributed by atoms with E-state index in [0.717, 1.165) is 11.6 Å². The van der Waals surface area contributed by atoms with Gasteiger partial charge in [-0.1, -0.05) is 35.0 Å². The van der Waals surface area contributed by atoms with Crippen LogP contribution in [-0.2, 0) is 10.1 Å². The van der Waals surface area contributed by atoms with Crippen molar-refractivity contribution in [3.63, 3.8) is 0 Å². The number of aromatic nitrogens is 2. The van der Waals surface area contributed by atoms with E-state index >= 15 is 0 Å². The van der Waals surface area contributed by atoms with Crippen molar-refractivity contribution in [3.8, 4) is 17.2 Å². The maximum atomic E-state index is 12.3. The van der Waals surface area contributed by atoms with Gasteiger partial charge in [0.1, 0.15) is 22.0 Å². The molecule has 1 aromatic heterocycles. The molecule has 0 spiro atoms. The monoisotopic (exact) mass is 661 g/mol. The maximum absolute atomic E-state index is 12.3.